The van der Waals surface area contributed by atoms with Crippen molar-refractivity contribution in [2.45, 2.75) is 141 Å². The molecule has 1 aromatic carbocycles. The molecule has 3 fully saturated rings. The third-order valence-corrected chi connectivity index (χ3v) is 12.1. The number of esters is 1. The van der Waals surface area contributed by atoms with E-state index in [1.54, 1.807) is 34.6 Å². The average molecular weight is 815 g/mol. The Morgan fingerprint density at radius 3 is 2.33 bits per heavy atom. The topological polar surface area (TPSA) is 226 Å². The molecule has 14 atom stereocenters. The zero-order valence-corrected chi connectivity index (χ0v) is 35.4. The average Bonchev–Trinajstić information content (AvgIpc) is 3.61. The van der Waals surface area contributed by atoms with Crippen LogP contribution in [0.5, 0.6) is 0 Å². The lowest BCUT2D eigenvalue weighted by molar-refractivity contribution is -0.296. The van der Waals surface area contributed by atoms with Crippen molar-refractivity contribution in [1.29, 1.82) is 0 Å². The number of carbonyl (C=O) groups excluding carboxylic acids is 3. The Labute approximate surface area is 340 Å². The third kappa shape index (κ3) is 9.83. The molecule has 4 aliphatic heterocycles. The van der Waals surface area contributed by atoms with Gasteiger partial charge in [0.15, 0.2) is 24.0 Å². The van der Waals surface area contributed by atoms with Crippen molar-refractivity contribution in [3.05, 3.63) is 35.4 Å². The van der Waals surface area contributed by atoms with Crippen LogP contribution in [0.1, 0.15) is 91.8 Å². The molecule has 1 unspecified atom stereocenters. The summed E-state index contributed by atoms with van der Waals surface area (Å²) in [6.07, 6.45) is -5.33. The van der Waals surface area contributed by atoms with E-state index in [9.17, 15) is 24.6 Å². The fraction of sp³-hybridized carbons (Fsp3) is 0.732. The number of nitrogens with zero attached hydrogens (tertiary/aromatic N) is 5. The lowest BCUT2D eigenvalue weighted by atomic mass is 9.74. The molecule has 4 heterocycles. The van der Waals surface area contributed by atoms with Gasteiger partial charge in [0, 0.05) is 23.8 Å². The number of aliphatic hydroxyl groups is 2. The Morgan fingerprint density at radius 1 is 1.02 bits per heavy atom. The van der Waals surface area contributed by atoms with Crippen LogP contribution in [0.15, 0.2) is 44.9 Å². The number of carbonyl (C=O) groups is 3. The van der Waals surface area contributed by atoms with E-state index in [0.717, 1.165) is 11.1 Å². The Kier molecular flexibility index (Phi) is 14.6. The number of hydrogen-bond donors (Lipinski definition) is 3. The Morgan fingerprint density at radius 2 is 1.71 bits per heavy atom. The maximum Gasteiger partial charge on any atom is 0.316 e. The quantitative estimate of drug-likeness (QED) is 0.194. The van der Waals surface area contributed by atoms with Gasteiger partial charge >= 0.3 is 5.97 Å². The van der Waals surface area contributed by atoms with Crippen LogP contribution < -0.4 is 5.73 Å². The van der Waals surface area contributed by atoms with Crippen LogP contribution in [0.3, 0.4) is 0 Å². The van der Waals surface area contributed by atoms with Crippen molar-refractivity contribution in [2.75, 3.05) is 27.3 Å². The number of Topliss-reactive ketones (excluding diaryl/α,β-unsaturated/α-hetero) is 2. The molecule has 0 aromatic heterocycles. The van der Waals surface area contributed by atoms with Gasteiger partial charge in [-0.15, -0.1) is 5.10 Å². The van der Waals surface area contributed by atoms with E-state index in [4.69, 9.17) is 34.3 Å². The molecular formula is C41H62N6O11. The van der Waals surface area contributed by atoms with Crippen LogP contribution in [0.2, 0.25) is 0 Å². The molecule has 1 aromatic rings. The van der Waals surface area contributed by atoms with Gasteiger partial charge in [-0.2, -0.15) is 5.11 Å². The van der Waals surface area contributed by atoms with E-state index in [2.05, 4.69) is 20.6 Å². The number of benzene rings is 1. The normalized spacial score (nSPS) is 40.1. The minimum atomic E-state index is -1.88. The smallest absolute Gasteiger partial charge is 0.316 e. The summed E-state index contributed by atoms with van der Waals surface area (Å²) in [5.41, 5.74) is 4.48. The SMILES string of the molecule is CC[C@H]1OC(=O)[C@H](C)C(=O)[C@H](C)[C@@H](O[C@@H]2O[C@H](C)C[C@H](N(C)C)[C@H]2O)[C@@]2(C)C[C@@H](C)C(=O)[C@H](C)[C@H](OC/C(=N\OCc3ccc(C4N=NN=C4N)cc3)CO2)[C@]1(C)O. The Hall–Kier alpha value is -3.71. The van der Waals surface area contributed by atoms with Crippen LogP contribution >= 0.6 is 0 Å². The number of nitrogens with two attached hydrogens (primary N) is 1. The standard InChI is InChI=1S/C41H62N6O11/c1-11-30-41(8,52)36-23(4)32(48)21(2)17-40(7,54-20-28(19-53-36)45-55-18-26-12-14-27(15-13-26)31-37(42)44-46-43-31)35(24(5)33(49)25(6)38(51)57-30)58-39-34(50)29(47(9)10)16-22(3)56-39/h12-15,21-25,29-31,34-36,39,50,52H,11,16-20H2,1-10H3,(H2,42,43,44)/b45-28+/t21-,22-,23+,24+,25-,29+,30-,31?,34-,35-,36+,39+,40-,41-/m1/s1. The first-order valence-electron chi connectivity index (χ1n) is 20.2. The van der Waals surface area contributed by atoms with Gasteiger partial charge in [-0.1, -0.05) is 57.1 Å². The number of oxime groups is 1. The van der Waals surface area contributed by atoms with Gasteiger partial charge in [-0.05, 0) is 77.4 Å². The molecule has 0 saturated carbocycles. The highest BCUT2D eigenvalue weighted by Crippen LogP contribution is 2.40. The van der Waals surface area contributed by atoms with E-state index >= 15 is 0 Å². The van der Waals surface area contributed by atoms with Crippen LogP contribution in [0, 0.1) is 23.7 Å². The van der Waals surface area contributed by atoms with E-state index < -0.39 is 83.4 Å². The van der Waals surface area contributed by atoms with Crippen molar-refractivity contribution in [2.24, 2.45) is 50.0 Å². The van der Waals surface area contributed by atoms with Gasteiger partial charge < -0.3 is 49.4 Å². The maximum absolute atomic E-state index is 14.4. The molecule has 4 aliphatic rings. The number of cyclic esters (lactones) is 1. The first-order chi connectivity index (χ1) is 27.3. The summed E-state index contributed by atoms with van der Waals surface area (Å²) < 4.78 is 32.0. The number of likely N-dealkylation sites (N-methyl/N-ethyl adjacent to an activating group) is 1. The van der Waals surface area contributed by atoms with Crippen molar-refractivity contribution in [3.8, 4) is 0 Å². The second-order valence-electron chi connectivity index (χ2n) is 17.0. The third-order valence-electron chi connectivity index (χ3n) is 12.1. The first-order valence-corrected chi connectivity index (χ1v) is 20.2. The van der Waals surface area contributed by atoms with Gasteiger partial charge in [0.2, 0.25) is 0 Å². The predicted octanol–water partition coefficient (Wildman–Crippen LogP) is 3.48. The van der Waals surface area contributed by atoms with Crippen molar-refractivity contribution >= 4 is 29.1 Å². The molecule has 0 amide bonds. The van der Waals surface area contributed by atoms with Crippen molar-refractivity contribution < 1.29 is 53.1 Å². The number of hydrogen-bond acceptors (Lipinski definition) is 17. The minimum Gasteiger partial charge on any atom is -0.459 e. The van der Waals surface area contributed by atoms with Gasteiger partial charge in [0.25, 0.3) is 0 Å². The van der Waals surface area contributed by atoms with E-state index in [1.807, 2.05) is 50.2 Å². The lowest BCUT2D eigenvalue weighted by Gasteiger charge is -2.47. The molecule has 3 saturated heterocycles. The van der Waals surface area contributed by atoms with E-state index in [0.29, 0.717) is 12.3 Å². The van der Waals surface area contributed by atoms with Crippen LogP contribution in [-0.4, -0.2) is 126 Å². The molecule has 322 valence electrons. The maximum atomic E-state index is 14.4. The number of ketones is 2. The van der Waals surface area contributed by atoms with E-state index in [1.165, 1.54) is 13.8 Å². The molecule has 58 heavy (non-hydrogen) atoms. The minimum absolute atomic E-state index is 0.0507. The summed E-state index contributed by atoms with van der Waals surface area (Å²) in [7, 11) is 3.71. The summed E-state index contributed by atoms with van der Waals surface area (Å²) in [4.78, 5) is 50.3. The Bertz CT molecular complexity index is 1720. The van der Waals surface area contributed by atoms with Gasteiger partial charge in [-0.25, -0.2) is 0 Å². The predicted molar refractivity (Wildman–Crippen MR) is 211 cm³/mol. The monoisotopic (exact) mass is 814 g/mol. The number of fused-ring (bicyclic) bond motifs is 5. The number of ether oxygens (including phenoxy) is 5. The molecule has 0 aliphatic carbocycles. The highest BCUT2D eigenvalue weighted by Gasteiger charge is 2.53. The van der Waals surface area contributed by atoms with Crippen LogP contribution in [-0.2, 0) is 49.5 Å². The first kappa shape index (κ1) is 45.4. The fourth-order valence-electron chi connectivity index (χ4n) is 8.68. The molecule has 0 radical (unpaired) electrons. The second-order valence-corrected chi connectivity index (χ2v) is 17.0. The molecular weight excluding hydrogens is 752 g/mol. The highest BCUT2D eigenvalue weighted by molar-refractivity contribution is 6.00. The summed E-state index contributed by atoms with van der Waals surface area (Å²) in [5, 5.41) is 39.7. The number of aliphatic hydroxyl groups excluding tert-OH is 1. The lowest BCUT2D eigenvalue weighted by Crippen LogP contribution is -2.60. The summed E-state index contributed by atoms with van der Waals surface area (Å²) >= 11 is 0. The molecule has 17 heteroatoms. The van der Waals surface area contributed by atoms with Gasteiger partial charge in [-0.3, -0.25) is 14.4 Å². The summed E-state index contributed by atoms with van der Waals surface area (Å²) in [6, 6.07) is 6.61. The zero-order chi connectivity index (χ0) is 42.7. The summed E-state index contributed by atoms with van der Waals surface area (Å²) in [6.45, 7) is 13.0. The second kappa shape index (κ2) is 18.7. The molecule has 0 spiro atoms. The fourth-order valence-corrected chi connectivity index (χ4v) is 8.68. The number of rotatable bonds is 8. The largest absolute Gasteiger partial charge is 0.459 e. The van der Waals surface area contributed by atoms with Crippen molar-refractivity contribution in [1.82, 2.24) is 4.90 Å². The van der Waals surface area contributed by atoms with Crippen LogP contribution in [0.4, 0.5) is 0 Å². The van der Waals surface area contributed by atoms with Crippen LogP contribution in [0.25, 0.3) is 0 Å². The molecule has 5 rings (SSSR count). The van der Waals surface area contributed by atoms with Gasteiger partial charge in [0.05, 0.1) is 37.1 Å². The zero-order valence-electron chi connectivity index (χ0n) is 35.4. The Balaban J connectivity index is 1.56. The number of amidine groups is 1. The highest BCUT2D eigenvalue weighted by atomic mass is 16.7. The van der Waals surface area contributed by atoms with Gasteiger partial charge in [0.1, 0.15) is 41.8 Å². The van der Waals surface area contributed by atoms with E-state index in [-0.39, 0.29) is 56.3 Å². The molecule has 2 bridgehead atoms. The molecule has 4 N–H and O–H groups in total. The summed E-state index contributed by atoms with van der Waals surface area (Å²) in [5.74, 6) is -5.20. The molecule has 17 nitrogen and oxygen atoms in total. The van der Waals surface area contributed by atoms with Crippen molar-refractivity contribution in [3.63, 3.8) is 0 Å².